The lowest BCUT2D eigenvalue weighted by Gasteiger charge is -2.36. The molecule has 1 saturated heterocycles. The summed E-state index contributed by atoms with van der Waals surface area (Å²) in [5.74, 6) is 0.0130. The van der Waals surface area contributed by atoms with E-state index >= 15 is 4.39 Å². The molecule has 1 saturated carbocycles. The average molecular weight is 597 g/mol. The number of nitrogens with zero attached hydrogens (tertiary/aromatic N) is 3. The van der Waals surface area contributed by atoms with Crippen LogP contribution in [-0.4, -0.2) is 54.1 Å². The number of Topliss-reactive ketones (excluding diaryl/α,β-unsaturated/α-hetero) is 1. The van der Waals surface area contributed by atoms with Crippen LogP contribution in [0.3, 0.4) is 0 Å². The molecule has 3 rings (SSSR count). The largest absolute Gasteiger partial charge is 0.369 e. The third-order valence-electron chi connectivity index (χ3n) is 8.03. The average Bonchev–Trinajstić information content (AvgIpc) is 3.65. The standard InChI is InChI=1S/C32H45FN4OS.C3H8/c1-8-26(37-20-18-36(11-4)19-21-37)15-14-23(5)34-25(7)35-30(28(33)9-2)29-22-27(24(6)38)31(39-29)32(10-3)16-12-13-17-32;1-3-2/h8-9,14-15,22H,2,5,10-13,16-21H2,1,3-4,6-7H3,(H,34,35);3H2,1-2H3/b15-14-,26-8+,30-28+;. The molecule has 232 valence electrons. The van der Waals surface area contributed by atoms with E-state index in [0.29, 0.717) is 22.0 Å². The van der Waals surface area contributed by atoms with Crippen molar-refractivity contribution in [1.82, 2.24) is 15.1 Å². The van der Waals surface area contributed by atoms with Crippen molar-refractivity contribution in [2.24, 2.45) is 4.99 Å². The van der Waals surface area contributed by atoms with Crippen LogP contribution in [0.1, 0.15) is 107 Å². The van der Waals surface area contributed by atoms with Crippen molar-refractivity contribution >= 4 is 28.7 Å². The van der Waals surface area contributed by atoms with Gasteiger partial charge in [0, 0.05) is 53.4 Å². The Balaban J connectivity index is 0.00000197. The smallest absolute Gasteiger partial charge is 0.160 e. The SMILES string of the molecule is C=C/C(F)=C(\N=C(C)NC(=C)/C=C\C(=C/C)N1CCN(CC)CC1)c1cc(C(C)=O)c(C2(CC)CCCC2)s1.CCC. The lowest BCUT2D eigenvalue weighted by Crippen LogP contribution is -2.45. The second-order valence-corrected chi connectivity index (χ2v) is 12.2. The van der Waals surface area contributed by atoms with E-state index in [-0.39, 0.29) is 16.9 Å². The number of allylic oxidation sites excluding steroid dienone is 5. The molecule has 7 heteroatoms. The van der Waals surface area contributed by atoms with Crippen molar-refractivity contribution < 1.29 is 9.18 Å². The van der Waals surface area contributed by atoms with Crippen LogP contribution in [-0.2, 0) is 5.41 Å². The number of thiophene rings is 1. The zero-order valence-corrected chi connectivity index (χ0v) is 27.9. The summed E-state index contributed by atoms with van der Waals surface area (Å²) in [6.07, 6.45) is 13.9. The Bertz CT molecular complexity index is 1190. The molecule has 1 N–H and O–H groups in total. The molecule has 1 aliphatic carbocycles. The van der Waals surface area contributed by atoms with Gasteiger partial charge in [0.2, 0.25) is 0 Å². The molecule has 2 heterocycles. The molecular formula is C35H53FN4OS. The summed E-state index contributed by atoms with van der Waals surface area (Å²) in [6, 6.07) is 1.82. The van der Waals surface area contributed by atoms with Crippen LogP contribution in [0.4, 0.5) is 4.39 Å². The number of hydrogen-bond donors (Lipinski definition) is 1. The fourth-order valence-corrected chi connectivity index (χ4v) is 7.16. The highest BCUT2D eigenvalue weighted by Crippen LogP contribution is 2.49. The molecule has 0 radical (unpaired) electrons. The van der Waals surface area contributed by atoms with Crippen molar-refractivity contribution in [2.75, 3.05) is 32.7 Å². The van der Waals surface area contributed by atoms with E-state index in [2.05, 4.69) is 73.1 Å². The van der Waals surface area contributed by atoms with Crippen LogP contribution in [0.2, 0.25) is 0 Å². The first-order valence-electron chi connectivity index (χ1n) is 15.6. The fraction of sp³-hybridized carbons (Fsp3) is 0.543. The minimum absolute atomic E-state index is 0.0105. The Morgan fingerprint density at radius 3 is 2.24 bits per heavy atom. The minimum atomic E-state index is -0.514. The molecule has 1 aromatic rings. The predicted octanol–water partition coefficient (Wildman–Crippen LogP) is 9.03. The maximum atomic E-state index is 15.1. The maximum absolute atomic E-state index is 15.1. The second kappa shape index (κ2) is 17.4. The summed E-state index contributed by atoms with van der Waals surface area (Å²) in [5.41, 5.74) is 2.69. The predicted molar refractivity (Wildman–Crippen MR) is 181 cm³/mol. The molecule has 1 aromatic heterocycles. The number of rotatable bonds is 11. The lowest BCUT2D eigenvalue weighted by molar-refractivity contribution is 0.101. The second-order valence-electron chi connectivity index (χ2n) is 11.2. The topological polar surface area (TPSA) is 47.9 Å². The summed E-state index contributed by atoms with van der Waals surface area (Å²) in [6.45, 7) is 27.0. The fourth-order valence-electron chi connectivity index (χ4n) is 5.64. The number of likely N-dealkylation sites (N-methyl/N-ethyl adjacent to an activating group) is 1. The summed E-state index contributed by atoms with van der Waals surface area (Å²) in [7, 11) is 0. The van der Waals surface area contributed by atoms with Crippen LogP contribution >= 0.6 is 11.3 Å². The number of nitrogens with one attached hydrogen (secondary N) is 1. The van der Waals surface area contributed by atoms with Gasteiger partial charge in [-0.25, -0.2) is 9.38 Å². The van der Waals surface area contributed by atoms with Gasteiger partial charge < -0.3 is 15.1 Å². The summed E-state index contributed by atoms with van der Waals surface area (Å²) in [4.78, 5) is 23.8. The van der Waals surface area contributed by atoms with Crippen LogP contribution in [0, 0.1) is 0 Å². The molecule has 2 fully saturated rings. The normalized spacial score (nSPS) is 18.4. The molecule has 0 spiro atoms. The van der Waals surface area contributed by atoms with Gasteiger partial charge in [-0.2, -0.15) is 0 Å². The van der Waals surface area contributed by atoms with Crippen LogP contribution in [0.15, 0.2) is 65.7 Å². The third-order valence-corrected chi connectivity index (χ3v) is 9.41. The van der Waals surface area contributed by atoms with Crippen molar-refractivity contribution in [3.63, 3.8) is 0 Å². The highest BCUT2D eigenvalue weighted by atomic mass is 32.1. The molecular weight excluding hydrogens is 543 g/mol. The van der Waals surface area contributed by atoms with Gasteiger partial charge >= 0.3 is 0 Å². The summed E-state index contributed by atoms with van der Waals surface area (Å²) in [5, 5.41) is 3.19. The van der Waals surface area contributed by atoms with E-state index in [9.17, 15) is 4.79 Å². The number of amidine groups is 1. The molecule has 2 aliphatic rings. The van der Waals surface area contributed by atoms with E-state index in [1.54, 1.807) is 13.8 Å². The lowest BCUT2D eigenvalue weighted by atomic mass is 9.80. The number of hydrogen-bond acceptors (Lipinski definition) is 5. The molecule has 0 amide bonds. The first-order chi connectivity index (χ1) is 20.1. The van der Waals surface area contributed by atoms with Crippen LogP contribution < -0.4 is 5.32 Å². The van der Waals surface area contributed by atoms with Crippen molar-refractivity contribution in [3.05, 3.63) is 76.1 Å². The van der Waals surface area contributed by atoms with Crippen LogP contribution in [0.5, 0.6) is 0 Å². The van der Waals surface area contributed by atoms with Gasteiger partial charge in [0.05, 0.1) is 4.88 Å². The molecule has 0 bridgehead atoms. The minimum Gasteiger partial charge on any atom is -0.369 e. The molecule has 5 nitrogen and oxygen atoms in total. The molecule has 0 aromatic carbocycles. The summed E-state index contributed by atoms with van der Waals surface area (Å²) < 4.78 is 15.1. The highest BCUT2D eigenvalue weighted by Gasteiger charge is 2.38. The zero-order chi connectivity index (χ0) is 31.3. The number of carbonyl (C=O) groups is 1. The third kappa shape index (κ3) is 9.37. The number of ketones is 1. The van der Waals surface area contributed by atoms with Crippen LogP contribution in [0.25, 0.3) is 5.70 Å². The highest BCUT2D eigenvalue weighted by molar-refractivity contribution is 7.13. The molecule has 0 unspecified atom stereocenters. The molecule has 0 atom stereocenters. The zero-order valence-electron chi connectivity index (χ0n) is 27.1. The van der Waals surface area contributed by atoms with E-state index in [4.69, 9.17) is 0 Å². The van der Waals surface area contributed by atoms with E-state index < -0.39 is 5.83 Å². The van der Waals surface area contributed by atoms with Gasteiger partial charge in [-0.1, -0.05) is 66.2 Å². The summed E-state index contributed by atoms with van der Waals surface area (Å²) >= 11 is 1.50. The van der Waals surface area contributed by atoms with Gasteiger partial charge in [0.1, 0.15) is 17.4 Å². The van der Waals surface area contributed by atoms with Crippen molar-refractivity contribution in [1.29, 1.82) is 0 Å². The maximum Gasteiger partial charge on any atom is 0.160 e. The number of piperazine rings is 1. The van der Waals surface area contributed by atoms with E-state index in [1.165, 1.54) is 23.8 Å². The Labute approximate surface area is 258 Å². The van der Waals surface area contributed by atoms with Crippen molar-refractivity contribution in [3.8, 4) is 0 Å². The Morgan fingerprint density at radius 2 is 1.74 bits per heavy atom. The first-order valence-corrected chi connectivity index (χ1v) is 16.4. The Hall–Kier alpha value is -2.77. The monoisotopic (exact) mass is 596 g/mol. The molecule has 42 heavy (non-hydrogen) atoms. The number of halogens is 1. The van der Waals surface area contributed by atoms with Gasteiger partial charge in [-0.3, -0.25) is 4.79 Å². The van der Waals surface area contributed by atoms with Gasteiger partial charge in [0.25, 0.3) is 0 Å². The quantitative estimate of drug-likeness (QED) is 0.120. The van der Waals surface area contributed by atoms with E-state index in [1.807, 2.05) is 19.1 Å². The number of aliphatic imine (C=N–C) groups is 1. The van der Waals surface area contributed by atoms with Gasteiger partial charge in [-0.15, -0.1) is 11.3 Å². The van der Waals surface area contributed by atoms with E-state index in [0.717, 1.165) is 75.4 Å². The van der Waals surface area contributed by atoms with Gasteiger partial charge in [0.15, 0.2) is 5.78 Å². The Kier molecular flexibility index (Phi) is 14.7. The Morgan fingerprint density at radius 1 is 1.12 bits per heavy atom. The first kappa shape index (κ1) is 35.4. The van der Waals surface area contributed by atoms with Gasteiger partial charge in [-0.05, 0) is 70.9 Å². The number of carbonyl (C=O) groups excluding carboxylic acids is 1. The van der Waals surface area contributed by atoms with Crippen molar-refractivity contribution in [2.45, 2.75) is 92.4 Å². The molecule has 1 aliphatic heterocycles.